The van der Waals surface area contributed by atoms with E-state index in [0.717, 1.165) is 15.2 Å². The van der Waals surface area contributed by atoms with Gasteiger partial charge in [0, 0.05) is 0 Å². The predicted octanol–water partition coefficient (Wildman–Crippen LogP) is 3.27. The van der Waals surface area contributed by atoms with Crippen molar-refractivity contribution in [1.82, 2.24) is 4.98 Å². The average Bonchev–Trinajstić information content (AvgIpc) is 2.71. The molecule has 1 unspecified atom stereocenters. The van der Waals surface area contributed by atoms with E-state index in [-0.39, 0.29) is 11.9 Å². The van der Waals surface area contributed by atoms with E-state index in [1.807, 2.05) is 32.9 Å². The zero-order valence-corrected chi connectivity index (χ0v) is 11.0. The normalized spacial score (nSPS) is 12.6. The number of aromatic nitrogens is 1. The van der Waals surface area contributed by atoms with Crippen molar-refractivity contribution >= 4 is 27.5 Å². The maximum absolute atomic E-state index is 11.6. The van der Waals surface area contributed by atoms with Gasteiger partial charge in [-0.25, -0.2) is 4.98 Å². The van der Waals surface area contributed by atoms with Crippen molar-refractivity contribution in [2.24, 2.45) is 0 Å². The summed E-state index contributed by atoms with van der Waals surface area (Å²) in [6.45, 7) is 6.11. The van der Waals surface area contributed by atoms with E-state index in [4.69, 9.17) is 4.74 Å². The fraction of sp³-hybridized carbons (Fsp3) is 0.385. The lowest BCUT2D eigenvalue weighted by molar-refractivity contribution is -0.144. The summed E-state index contributed by atoms with van der Waals surface area (Å²) in [6, 6.07) is 6.11. The van der Waals surface area contributed by atoms with Crippen LogP contribution in [0.5, 0.6) is 0 Å². The van der Waals surface area contributed by atoms with Crippen molar-refractivity contribution in [3.63, 3.8) is 0 Å². The highest BCUT2D eigenvalue weighted by Gasteiger charge is 2.20. The third-order valence-electron chi connectivity index (χ3n) is 2.57. The molecule has 0 amide bonds. The second-order valence-electron chi connectivity index (χ2n) is 4.00. The lowest BCUT2D eigenvalue weighted by atomic mass is 10.2. The van der Waals surface area contributed by atoms with Crippen molar-refractivity contribution in [2.75, 3.05) is 6.61 Å². The van der Waals surface area contributed by atoms with Crippen LogP contribution >= 0.6 is 11.3 Å². The Labute approximate surface area is 104 Å². The first kappa shape index (κ1) is 12.0. The summed E-state index contributed by atoms with van der Waals surface area (Å²) in [5.41, 5.74) is 2.16. The second kappa shape index (κ2) is 4.84. The van der Waals surface area contributed by atoms with E-state index in [1.54, 1.807) is 11.3 Å². The number of benzene rings is 1. The number of carbonyl (C=O) groups excluding carboxylic acids is 1. The second-order valence-corrected chi connectivity index (χ2v) is 5.06. The summed E-state index contributed by atoms with van der Waals surface area (Å²) in [7, 11) is 0. The zero-order chi connectivity index (χ0) is 12.4. The number of fused-ring (bicyclic) bond motifs is 1. The van der Waals surface area contributed by atoms with E-state index in [2.05, 4.69) is 11.1 Å². The van der Waals surface area contributed by atoms with E-state index in [9.17, 15) is 4.79 Å². The molecule has 17 heavy (non-hydrogen) atoms. The monoisotopic (exact) mass is 249 g/mol. The van der Waals surface area contributed by atoms with Crippen molar-refractivity contribution in [3.05, 3.63) is 28.8 Å². The molecule has 1 heterocycles. The number of thiazole rings is 1. The molecule has 0 fully saturated rings. The summed E-state index contributed by atoms with van der Waals surface area (Å²) in [4.78, 5) is 16.1. The Morgan fingerprint density at radius 1 is 1.53 bits per heavy atom. The quantitative estimate of drug-likeness (QED) is 0.784. The molecule has 3 nitrogen and oxygen atoms in total. The lowest BCUT2D eigenvalue weighted by Crippen LogP contribution is -2.12. The van der Waals surface area contributed by atoms with Gasteiger partial charge in [-0.15, -0.1) is 11.3 Å². The minimum Gasteiger partial charge on any atom is -0.465 e. The molecule has 1 aromatic carbocycles. The summed E-state index contributed by atoms with van der Waals surface area (Å²) in [5.74, 6) is -0.490. The maximum atomic E-state index is 11.6. The molecule has 4 heteroatoms. The first-order valence-electron chi connectivity index (χ1n) is 5.65. The molecule has 0 saturated heterocycles. The van der Waals surface area contributed by atoms with Gasteiger partial charge in [0.2, 0.25) is 0 Å². The molecule has 1 aromatic heterocycles. The van der Waals surface area contributed by atoms with Crippen LogP contribution in [-0.4, -0.2) is 17.6 Å². The minimum atomic E-state index is -0.285. The molecule has 0 radical (unpaired) electrons. The predicted molar refractivity (Wildman–Crippen MR) is 69.4 cm³/mol. The van der Waals surface area contributed by atoms with Crippen LogP contribution in [0.15, 0.2) is 18.2 Å². The fourth-order valence-corrected chi connectivity index (χ4v) is 2.71. The van der Waals surface area contributed by atoms with Crippen LogP contribution < -0.4 is 0 Å². The number of nitrogens with zero attached hydrogens (tertiary/aromatic N) is 1. The van der Waals surface area contributed by atoms with Gasteiger partial charge >= 0.3 is 5.97 Å². The molecule has 0 aliphatic rings. The van der Waals surface area contributed by atoms with Gasteiger partial charge in [-0.05, 0) is 38.5 Å². The fourth-order valence-electron chi connectivity index (χ4n) is 1.60. The van der Waals surface area contributed by atoms with Gasteiger partial charge in [0.1, 0.15) is 10.9 Å². The molecule has 0 aliphatic carbocycles. The zero-order valence-electron chi connectivity index (χ0n) is 10.2. The topological polar surface area (TPSA) is 39.2 Å². The third kappa shape index (κ3) is 2.47. The van der Waals surface area contributed by atoms with Crippen LogP contribution in [-0.2, 0) is 9.53 Å². The van der Waals surface area contributed by atoms with Gasteiger partial charge in [-0.1, -0.05) is 6.07 Å². The molecule has 1 atom stereocenters. The van der Waals surface area contributed by atoms with E-state index in [0.29, 0.717) is 6.61 Å². The number of esters is 1. The molecule has 2 rings (SSSR count). The summed E-state index contributed by atoms with van der Waals surface area (Å²) in [5, 5.41) is 0.823. The van der Waals surface area contributed by atoms with Crippen molar-refractivity contribution in [3.8, 4) is 0 Å². The Kier molecular flexibility index (Phi) is 3.43. The smallest absolute Gasteiger partial charge is 0.315 e. The molecule has 90 valence electrons. The van der Waals surface area contributed by atoms with Gasteiger partial charge in [-0.3, -0.25) is 4.79 Å². The highest BCUT2D eigenvalue weighted by Crippen LogP contribution is 2.28. The molecule has 0 aliphatic heterocycles. The average molecular weight is 249 g/mol. The summed E-state index contributed by atoms with van der Waals surface area (Å²) < 4.78 is 6.13. The first-order chi connectivity index (χ1) is 8.11. The van der Waals surface area contributed by atoms with Crippen molar-refractivity contribution < 1.29 is 9.53 Å². The molecule has 0 saturated carbocycles. The van der Waals surface area contributed by atoms with Crippen LogP contribution in [0.3, 0.4) is 0 Å². The van der Waals surface area contributed by atoms with Crippen molar-refractivity contribution in [2.45, 2.75) is 26.7 Å². The Balaban J connectivity index is 2.33. The Hall–Kier alpha value is -1.42. The summed E-state index contributed by atoms with van der Waals surface area (Å²) >= 11 is 1.56. The van der Waals surface area contributed by atoms with Crippen LogP contribution in [0.4, 0.5) is 0 Å². The van der Waals surface area contributed by atoms with Gasteiger partial charge < -0.3 is 4.74 Å². The largest absolute Gasteiger partial charge is 0.465 e. The molecule has 0 bridgehead atoms. The van der Waals surface area contributed by atoms with Gasteiger partial charge in [-0.2, -0.15) is 0 Å². The highest BCUT2D eigenvalue weighted by atomic mass is 32.1. The molecule has 2 aromatic rings. The molecular formula is C13H15NO2S. The van der Waals surface area contributed by atoms with Crippen LogP contribution in [0, 0.1) is 6.92 Å². The number of carbonyl (C=O) groups is 1. The van der Waals surface area contributed by atoms with Gasteiger partial charge in [0.15, 0.2) is 0 Å². The van der Waals surface area contributed by atoms with Crippen molar-refractivity contribution in [1.29, 1.82) is 0 Å². The van der Waals surface area contributed by atoms with Crippen LogP contribution in [0.25, 0.3) is 10.2 Å². The Morgan fingerprint density at radius 3 is 3.00 bits per heavy atom. The van der Waals surface area contributed by atoms with E-state index in [1.165, 1.54) is 5.56 Å². The first-order valence-corrected chi connectivity index (χ1v) is 6.47. The SMILES string of the molecule is CCOC(=O)C(C)c1nc2ccc(C)cc2s1. The molecule has 0 spiro atoms. The summed E-state index contributed by atoms with van der Waals surface area (Å²) in [6.07, 6.45) is 0. The van der Waals surface area contributed by atoms with E-state index >= 15 is 0 Å². The number of rotatable bonds is 3. The highest BCUT2D eigenvalue weighted by molar-refractivity contribution is 7.18. The Morgan fingerprint density at radius 2 is 2.29 bits per heavy atom. The van der Waals surface area contributed by atoms with Gasteiger partial charge in [0.25, 0.3) is 0 Å². The number of hydrogen-bond donors (Lipinski definition) is 0. The van der Waals surface area contributed by atoms with E-state index < -0.39 is 0 Å². The standard InChI is InChI=1S/C13H15NO2S/c1-4-16-13(15)9(3)12-14-10-6-5-8(2)7-11(10)17-12/h5-7,9H,4H2,1-3H3. The number of aryl methyl sites for hydroxylation is 1. The molecular weight excluding hydrogens is 234 g/mol. The third-order valence-corrected chi connectivity index (χ3v) is 3.77. The Bertz CT molecular complexity index is 547. The number of ether oxygens (including phenoxy) is 1. The van der Waals surface area contributed by atoms with Gasteiger partial charge in [0.05, 0.1) is 16.8 Å². The van der Waals surface area contributed by atoms with Crippen LogP contribution in [0.1, 0.15) is 30.3 Å². The molecule has 0 N–H and O–H groups in total. The number of hydrogen-bond acceptors (Lipinski definition) is 4. The maximum Gasteiger partial charge on any atom is 0.315 e. The van der Waals surface area contributed by atoms with Crippen LogP contribution in [0.2, 0.25) is 0 Å². The minimum absolute atomic E-state index is 0.205. The lowest BCUT2D eigenvalue weighted by Gasteiger charge is -2.06.